The first kappa shape index (κ1) is 16.7. The van der Waals surface area contributed by atoms with Gasteiger partial charge in [0.1, 0.15) is 0 Å². The number of hydrogen-bond donors (Lipinski definition) is 1. The molecule has 0 saturated heterocycles. The highest BCUT2D eigenvalue weighted by atomic mass is 79.9. The minimum atomic E-state index is -0.0258. The minimum absolute atomic E-state index is 0.0258. The summed E-state index contributed by atoms with van der Waals surface area (Å²) in [5.74, 6) is 0.365. The van der Waals surface area contributed by atoms with E-state index in [9.17, 15) is 9.59 Å². The van der Waals surface area contributed by atoms with E-state index in [0.717, 1.165) is 22.3 Å². The maximum atomic E-state index is 12.4. The summed E-state index contributed by atoms with van der Waals surface area (Å²) in [6.45, 7) is 1.52. The van der Waals surface area contributed by atoms with Gasteiger partial charge in [0, 0.05) is 35.7 Å². The number of anilines is 2. The molecule has 1 aliphatic carbocycles. The average Bonchev–Trinajstić information content (AvgIpc) is 3.36. The first-order valence-electron chi connectivity index (χ1n) is 7.86. The van der Waals surface area contributed by atoms with Crippen molar-refractivity contribution in [2.45, 2.75) is 19.3 Å². The fourth-order valence-corrected chi connectivity index (χ4v) is 3.01. The number of carbonyl (C=O) groups is 2. The number of amides is 2. The summed E-state index contributed by atoms with van der Waals surface area (Å²) in [6, 6.07) is 15.4. The molecule has 3 rings (SSSR count). The molecule has 0 aliphatic heterocycles. The number of nitrogens with zero attached hydrogens (tertiary/aromatic N) is 1. The molecule has 0 aromatic heterocycles. The van der Waals surface area contributed by atoms with Crippen molar-refractivity contribution in [3.63, 3.8) is 0 Å². The summed E-state index contributed by atoms with van der Waals surface area (Å²) < 4.78 is 1.04. The second-order valence-electron chi connectivity index (χ2n) is 6.11. The van der Waals surface area contributed by atoms with Gasteiger partial charge in [0.05, 0.1) is 0 Å². The minimum Gasteiger partial charge on any atom is -0.326 e. The number of rotatable bonds is 4. The van der Waals surface area contributed by atoms with Crippen LogP contribution in [0.2, 0.25) is 0 Å². The van der Waals surface area contributed by atoms with E-state index in [0.29, 0.717) is 5.92 Å². The zero-order valence-electron chi connectivity index (χ0n) is 13.6. The molecule has 0 radical (unpaired) electrons. The Morgan fingerprint density at radius 1 is 1.08 bits per heavy atom. The zero-order valence-corrected chi connectivity index (χ0v) is 15.2. The Hall–Kier alpha value is -2.14. The molecule has 0 bridgehead atoms. The Bertz CT molecular complexity index is 756. The average molecular weight is 387 g/mol. The lowest BCUT2D eigenvalue weighted by atomic mass is 10.1. The molecule has 0 heterocycles. The third kappa shape index (κ3) is 3.67. The molecule has 1 fully saturated rings. The fraction of sp³-hybridized carbons (Fsp3) is 0.263. The predicted molar refractivity (Wildman–Crippen MR) is 99.1 cm³/mol. The van der Waals surface area contributed by atoms with Gasteiger partial charge in [-0.25, -0.2) is 0 Å². The van der Waals surface area contributed by atoms with Crippen LogP contribution < -0.4 is 10.2 Å². The molecule has 4 nitrogen and oxygen atoms in total. The lowest BCUT2D eigenvalue weighted by Gasteiger charge is -2.15. The molecule has 2 aromatic rings. The monoisotopic (exact) mass is 386 g/mol. The van der Waals surface area contributed by atoms with Crippen LogP contribution in [0.3, 0.4) is 0 Å². The van der Waals surface area contributed by atoms with E-state index < -0.39 is 0 Å². The SMILES string of the molecule is CC(=O)N(C)c1ccc(NC(=O)C2CC2c2ccc(Br)cc2)cc1. The van der Waals surface area contributed by atoms with Crippen LogP contribution in [0.25, 0.3) is 0 Å². The van der Waals surface area contributed by atoms with Crippen LogP contribution >= 0.6 is 15.9 Å². The highest BCUT2D eigenvalue weighted by molar-refractivity contribution is 9.10. The summed E-state index contributed by atoms with van der Waals surface area (Å²) in [5, 5.41) is 2.96. The molecule has 1 aliphatic rings. The van der Waals surface area contributed by atoms with Gasteiger partial charge in [-0.3, -0.25) is 9.59 Å². The summed E-state index contributed by atoms with van der Waals surface area (Å²) >= 11 is 3.42. The molecule has 1 N–H and O–H groups in total. The van der Waals surface area contributed by atoms with Crippen LogP contribution in [0.5, 0.6) is 0 Å². The van der Waals surface area contributed by atoms with Gasteiger partial charge in [-0.2, -0.15) is 0 Å². The summed E-state index contributed by atoms with van der Waals surface area (Å²) in [6.07, 6.45) is 0.888. The molecule has 2 atom stereocenters. The van der Waals surface area contributed by atoms with Crippen LogP contribution in [0.1, 0.15) is 24.8 Å². The molecule has 24 heavy (non-hydrogen) atoms. The van der Waals surface area contributed by atoms with E-state index in [4.69, 9.17) is 0 Å². The molecule has 2 aromatic carbocycles. The first-order chi connectivity index (χ1) is 11.5. The predicted octanol–water partition coefficient (Wildman–Crippen LogP) is 4.17. The Labute approximate surface area is 150 Å². The van der Waals surface area contributed by atoms with Crippen LogP contribution in [0.15, 0.2) is 53.0 Å². The number of carbonyl (C=O) groups excluding carboxylic acids is 2. The number of benzene rings is 2. The van der Waals surface area contributed by atoms with Crippen molar-refractivity contribution in [3.05, 3.63) is 58.6 Å². The van der Waals surface area contributed by atoms with Crippen molar-refractivity contribution < 1.29 is 9.59 Å². The van der Waals surface area contributed by atoms with E-state index in [1.54, 1.807) is 11.9 Å². The van der Waals surface area contributed by atoms with Crippen LogP contribution in [0, 0.1) is 5.92 Å². The highest BCUT2D eigenvalue weighted by Crippen LogP contribution is 2.48. The van der Waals surface area contributed by atoms with Gasteiger partial charge in [0.15, 0.2) is 0 Å². The van der Waals surface area contributed by atoms with Crippen LogP contribution in [0.4, 0.5) is 11.4 Å². The van der Waals surface area contributed by atoms with Gasteiger partial charge in [0.25, 0.3) is 0 Å². The lowest BCUT2D eigenvalue weighted by Crippen LogP contribution is -2.22. The molecule has 5 heteroatoms. The first-order valence-corrected chi connectivity index (χ1v) is 8.65. The molecule has 1 saturated carbocycles. The standard InChI is InChI=1S/C19H19BrN2O2/c1-12(23)22(2)16-9-7-15(8-10-16)21-19(24)18-11-17(18)13-3-5-14(20)6-4-13/h3-10,17-18H,11H2,1-2H3,(H,21,24). The molecular weight excluding hydrogens is 368 g/mol. The van der Waals surface area contributed by atoms with E-state index in [1.165, 1.54) is 12.5 Å². The normalized spacial score (nSPS) is 18.8. The topological polar surface area (TPSA) is 49.4 Å². The van der Waals surface area contributed by atoms with E-state index >= 15 is 0 Å². The summed E-state index contributed by atoms with van der Waals surface area (Å²) in [5.41, 5.74) is 2.76. The molecule has 0 spiro atoms. The van der Waals surface area contributed by atoms with Gasteiger partial charge in [-0.05, 0) is 54.3 Å². The molecule has 2 amide bonds. The van der Waals surface area contributed by atoms with Crippen molar-refractivity contribution >= 4 is 39.1 Å². The second-order valence-corrected chi connectivity index (χ2v) is 7.03. The second kappa shape index (κ2) is 6.77. The Morgan fingerprint density at radius 3 is 2.29 bits per heavy atom. The van der Waals surface area contributed by atoms with Crippen molar-refractivity contribution in [2.24, 2.45) is 5.92 Å². The maximum absolute atomic E-state index is 12.4. The van der Waals surface area contributed by atoms with E-state index in [1.807, 2.05) is 36.4 Å². The van der Waals surface area contributed by atoms with Crippen molar-refractivity contribution in [1.82, 2.24) is 0 Å². The van der Waals surface area contributed by atoms with Crippen LogP contribution in [-0.2, 0) is 9.59 Å². The third-order valence-electron chi connectivity index (χ3n) is 4.42. The highest BCUT2D eigenvalue weighted by Gasteiger charge is 2.43. The Kier molecular flexibility index (Phi) is 4.71. The van der Waals surface area contributed by atoms with Gasteiger partial charge in [0.2, 0.25) is 11.8 Å². The quantitative estimate of drug-likeness (QED) is 0.856. The lowest BCUT2D eigenvalue weighted by molar-refractivity contribution is -0.117. The summed E-state index contributed by atoms with van der Waals surface area (Å²) in [7, 11) is 1.73. The Balaban J connectivity index is 1.60. The maximum Gasteiger partial charge on any atom is 0.228 e. The van der Waals surface area contributed by atoms with E-state index in [-0.39, 0.29) is 17.7 Å². The van der Waals surface area contributed by atoms with Crippen LogP contribution in [-0.4, -0.2) is 18.9 Å². The molecular formula is C19H19BrN2O2. The van der Waals surface area contributed by atoms with Gasteiger partial charge >= 0.3 is 0 Å². The van der Waals surface area contributed by atoms with Gasteiger partial charge in [-0.1, -0.05) is 28.1 Å². The zero-order chi connectivity index (χ0) is 17.3. The largest absolute Gasteiger partial charge is 0.326 e. The number of nitrogens with one attached hydrogen (secondary N) is 1. The van der Waals surface area contributed by atoms with Crippen molar-refractivity contribution in [3.8, 4) is 0 Å². The Morgan fingerprint density at radius 2 is 1.71 bits per heavy atom. The van der Waals surface area contributed by atoms with Crippen molar-refractivity contribution in [1.29, 1.82) is 0 Å². The van der Waals surface area contributed by atoms with E-state index in [2.05, 4.69) is 33.4 Å². The number of halogens is 1. The molecule has 2 unspecified atom stereocenters. The smallest absolute Gasteiger partial charge is 0.228 e. The van der Waals surface area contributed by atoms with Crippen molar-refractivity contribution in [2.75, 3.05) is 17.3 Å². The molecule has 124 valence electrons. The van der Waals surface area contributed by atoms with Gasteiger partial charge < -0.3 is 10.2 Å². The number of hydrogen-bond acceptors (Lipinski definition) is 2. The van der Waals surface area contributed by atoms with Gasteiger partial charge in [-0.15, -0.1) is 0 Å². The fourth-order valence-electron chi connectivity index (χ4n) is 2.75. The third-order valence-corrected chi connectivity index (χ3v) is 4.95. The summed E-state index contributed by atoms with van der Waals surface area (Å²) in [4.78, 5) is 25.3.